The van der Waals surface area contributed by atoms with E-state index in [1.54, 1.807) is 12.1 Å². The second kappa shape index (κ2) is 6.18. The summed E-state index contributed by atoms with van der Waals surface area (Å²) in [6.07, 6.45) is 0.765. The van der Waals surface area contributed by atoms with E-state index in [0.717, 1.165) is 12.0 Å². The van der Waals surface area contributed by atoms with Gasteiger partial charge in [-0.15, -0.1) is 0 Å². The van der Waals surface area contributed by atoms with Crippen LogP contribution in [0.5, 0.6) is 0 Å². The van der Waals surface area contributed by atoms with Gasteiger partial charge in [0.05, 0.1) is 5.02 Å². The second-order valence-electron chi connectivity index (χ2n) is 4.74. The molecule has 2 aromatic rings. The molecular formula is C16H17ClFN. The van der Waals surface area contributed by atoms with Crippen LogP contribution in [-0.2, 0) is 6.42 Å². The molecule has 19 heavy (non-hydrogen) atoms. The molecule has 1 atom stereocenters. The van der Waals surface area contributed by atoms with Crippen LogP contribution in [0.3, 0.4) is 0 Å². The Labute approximate surface area is 118 Å². The van der Waals surface area contributed by atoms with Gasteiger partial charge in [0.1, 0.15) is 5.82 Å². The Balaban J connectivity index is 2.24. The molecule has 2 aromatic carbocycles. The van der Waals surface area contributed by atoms with Crippen LogP contribution in [-0.4, -0.2) is 6.54 Å². The number of hydrogen-bond acceptors (Lipinski definition) is 1. The molecule has 0 aliphatic carbocycles. The highest BCUT2D eigenvalue weighted by molar-refractivity contribution is 6.30. The number of benzene rings is 2. The van der Waals surface area contributed by atoms with E-state index in [2.05, 4.69) is 19.1 Å². The van der Waals surface area contributed by atoms with Crippen molar-refractivity contribution in [2.24, 2.45) is 5.73 Å². The van der Waals surface area contributed by atoms with Crippen LogP contribution in [0.1, 0.15) is 22.6 Å². The second-order valence-corrected chi connectivity index (χ2v) is 5.15. The summed E-state index contributed by atoms with van der Waals surface area (Å²) in [5, 5.41) is 0.165. The molecule has 0 radical (unpaired) electrons. The van der Waals surface area contributed by atoms with Crippen LogP contribution in [0.15, 0.2) is 42.5 Å². The largest absolute Gasteiger partial charge is 0.330 e. The van der Waals surface area contributed by atoms with E-state index in [0.29, 0.717) is 6.54 Å². The molecule has 0 fully saturated rings. The molecule has 2 N–H and O–H groups in total. The molecule has 0 bridgehead atoms. The summed E-state index contributed by atoms with van der Waals surface area (Å²) in [5.74, 6) is -0.159. The third kappa shape index (κ3) is 3.34. The van der Waals surface area contributed by atoms with Gasteiger partial charge in [0.2, 0.25) is 0 Å². The minimum absolute atomic E-state index is 0.165. The van der Waals surface area contributed by atoms with Crippen LogP contribution in [0.25, 0.3) is 0 Å². The Morgan fingerprint density at radius 1 is 1.21 bits per heavy atom. The van der Waals surface area contributed by atoms with Gasteiger partial charge in [-0.2, -0.15) is 0 Å². The van der Waals surface area contributed by atoms with Crippen LogP contribution in [0, 0.1) is 12.7 Å². The number of nitrogens with two attached hydrogens (primary N) is 1. The van der Waals surface area contributed by atoms with Crippen molar-refractivity contribution in [3.05, 3.63) is 70.0 Å². The Morgan fingerprint density at radius 2 is 1.95 bits per heavy atom. The van der Waals surface area contributed by atoms with Crippen molar-refractivity contribution < 1.29 is 4.39 Å². The molecule has 3 heteroatoms. The molecule has 1 nitrogen and oxygen atoms in total. The Morgan fingerprint density at radius 3 is 2.58 bits per heavy atom. The van der Waals surface area contributed by atoms with E-state index < -0.39 is 0 Å². The smallest absolute Gasteiger partial charge is 0.141 e. The fourth-order valence-electron chi connectivity index (χ4n) is 2.32. The van der Waals surface area contributed by atoms with E-state index in [-0.39, 0.29) is 16.8 Å². The fraction of sp³-hybridized carbons (Fsp3) is 0.250. The van der Waals surface area contributed by atoms with Crippen molar-refractivity contribution in [1.82, 2.24) is 0 Å². The van der Waals surface area contributed by atoms with Gasteiger partial charge < -0.3 is 5.73 Å². The molecule has 0 amide bonds. The quantitative estimate of drug-likeness (QED) is 0.896. The maximum Gasteiger partial charge on any atom is 0.141 e. The van der Waals surface area contributed by atoms with E-state index in [9.17, 15) is 4.39 Å². The van der Waals surface area contributed by atoms with Crippen LogP contribution >= 0.6 is 11.6 Å². The zero-order chi connectivity index (χ0) is 13.8. The van der Waals surface area contributed by atoms with E-state index >= 15 is 0 Å². The Hall–Kier alpha value is -1.38. The maximum absolute atomic E-state index is 13.1. The molecular weight excluding hydrogens is 261 g/mol. The third-order valence-electron chi connectivity index (χ3n) is 3.38. The average molecular weight is 278 g/mol. The summed E-state index contributed by atoms with van der Waals surface area (Å²) in [5.41, 5.74) is 9.36. The summed E-state index contributed by atoms with van der Waals surface area (Å²) >= 11 is 5.81. The monoisotopic (exact) mass is 277 g/mol. The lowest BCUT2D eigenvalue weighted by Gasteiger charge is -2.18. The normalized spacial score (nSPS) is 12.4. The van der Waals surface area contributed by atoms with Crippen LogP contribution in [0.4, 0.5) is 4.39 Å². The third-order valence-corrected chi connectivity index (χ3v) is 3.67. The molecule has 0 aliphatic heterocycles. The summed E-state index contributed by atoms with van der Waals surface area (Å²) in [4.78, 5) is 0. The van der Waals surface area contributed by atoms with Crippen molar-refractivity contribution in [2.75, 3.05) is 6.54 Å². The predicted molar refractivity (Wildman–Crippen MR) is 78.1 cm³/mol. The van der Waals surface area contributed by atoms with Gasteiger partial charge in [-0.05, 0) is 48.7 Å². The summed E-state index contributed by atoms with van der Waals surface area (Å²) in [6, 6.07) is 13.1. The number of rotatable bonds is 4. The van der Waals surface area contributed by atoms with Crippen LogP contribution in [0.2, 0.25) is 5.02 Å². The first-order valence-corrected chi connectivity index (χ1v) is 6.69. The van der Waals surface area contributed by atoms with Crippen molar-refractivity contribution in [1.29, 1.82) is 0 Å². The molecule has 0 aromatic heterocycles. The number of hydrogen-bond donors (Lipinski definition) is 1. The van der Waals surface area contributed by atoms with Gasteiger partial charge in [-0.25, -0.2) is 4.39 Å². The van der Waals surface area contributed by atoms with Gasteiger partial charge in [-0.1, -0.05) is 41.9 Å². The minimum atomic E-state index is -0.384. The lowest BCUT2D eigenvalue weighted by molar-refractivity contribution is 0.625. The topological polar surface area (TPSA) is 26.0 Å². The molecule has 100 valence electrons. The van der Waals surface area contributed by atoms with Gasteiger partial charge in [0.25, 0.3) is 0 Å². The van der Waals surface area contributed by atoms with E-state index in [4.69, 9.17) is 17.3 Å². The Kier molecular flexibility index (Phi) is 4.56. The molecule has 0 heterocycles. The average Bonchev–Trinajstić information content (AvgIpc) is 2.41. The van der Waals surface area contributed by atoms with Gasteiger partial charge >= 0.3 is 0 Å². The first kappa shape index (κ1) is 14.0. The van der Waals surface area contributed by atoms with Gasteiger partial charge in [0.15, 0.2) is 0 Å². The molecule has 0 saturated carbocycles. The Bertz CT molecular complexity index is 568. The molecule has 0 saturated heterocycles. The van der Waals surface area contributed by atoms with Gasteiger partial charge in [-0.3, -0.25) is 0 Å². The number of aryl methyl sites for hydroxylation is 1. The molecule has 2 rings (SSSR count). The highest BCUT2D eigenvalue weighted by atomic mass is 35.5. The van der Waals surface area contributed by atoms with Gasteiger partial charge in [0, 0.05) is 5.92 Å². The summed E-state index contributed by atoms with van der Waals surface area (Å²) in [7, 11) is 0. The summed E-state index contributed by atoms with van der Waals surface area (Å²) < 4.78 is 13.1. The van der Waals surface area contributed by atoms with E-state index in [1.165, 1.54) is 17.2 Å². The highest BCUT2D eigenvalue weighted by Gasteiger charge is 2.13. The first-order valence-electron chi connectivity index (χ1n) is 6.31. The zero-order valence-corrected chi connectivity index (χ0v) is 11.6. The molecule has 0 spiro atoms. The highest BCUT2D eigenvalue weighted by Crippen LogP contribution is 2.25. The SMILES string of the molecule is Cc1ccccc1C(CN)Cc1ccc(F)c(Cl)c1. The first-order chi connectivity index (χ1) is 9.11. The predicted octanol–water partition coefficient (Wildman–Crippen LogP) is 4.07. The maximum atomic E-state index is 13.1. The standard InChI is InChI=1S/C16H17ClFN/c1-11-4-2-3-5-14(11)13(10-19)8-12-6-7-16(18)15(17)9-12/h2-7,9,13H,8,10,19H2,1H3. The molecule has 0 aliphatic rings. The summed E-state index contributed by atoms with van der Waals surface area (Å²) in [6.45, 7) is 2.63. The van der Waals surface area contributed by atoms with E-state index in [1.807, 2.05) is 12.1 Å². The van der Waals surface area contributed by atoms with Crippen molar-refractivity contribution in [2.45, 2.75) is 19.3 Å². The van der Waals surface area contributed by atoms with Crippen molar-refractivity contribution in [3.63, 3.8) is 0 Å². The lowest BCUT2D eigenvalue weighted by Crippen LogP contribution is -2.16. The molecule has 1 unspecified atom stereocenters. The van der Waals surface area contributed by atoms with Crippen LogP contribution < -0.4 is 5.73 Å². The van der Waals surface area contributed by atoms with Crippen molar-refractivity contribution in [3.8, 4) is 0 Å². The lowest BCUT2D eigenvalue weighted by atomic mass is 9.89. The van der Waals surface area contributed by atoms with Crippen molar-refractivity contribution >= 4 is 11.6 Å². The zero-order valence-electron chi connectivity index (χ0n) is 10.9. The number of halogens is 2. The minimum Gasteiger partial charge on any atom is -0.330 e. The fourth-order valence-corrected chi connectivity index (χ4v) is 2.52.